The van der Waals surface area contributed by atoms with E-state index in [2.05, 4.69) is 9.62 Å². The summed E-state index contributed by atoms with van der Waals surface area (Å²) >= 11 is 0. The fourth-order valence-corrected chi connectivity index (χ4v) is 4.14. The maximum absolute atomic E-state index is 12.4. The van der Waals surface area contributed by atoms with E-state index in [1.54, 1.807) is 12.1 Å². The van der Waals surface area contributed by atoms with Gasteiger partial charge in [-0.2, -0.15) is 0 Å². The van der Waals surface area contributed by atoms with Gasteiger partial charge in [0, 0.05) is 19.6 Å². The number of rotatable bonds is 7. The highest BCUT2D eigenvalue weighted by atomic mass is 32.2. The summed E-state index contributed by atoms with van der Waals surface area (Å²) in [5.41, 5.74) is 6.43. The molecule has 2 rings (SSSR count). The smallest absolute Gasteiger partial charge is 0.242 e. The predicted molar refractivity (Wildman–Crippen MR) is 85.9 cm³/mol. The Bertz CT molecular complexity index is 560. The number of hydrogen-bond acceptors (Lipinski definition) is 4. The van der Waals surface area contributed by atoms with Crippen molar-refractivity contribution < 1.29 is 8.42 Å². The van der Waals surface area contributed by atoms with E-state index >= 15 is 0 Å². The number of benzene rings is 1. The predicted octanol–water partition coefficient (Wildman–Crippen LogP) is 1.55. The summed E-state index contributed by atoms with van der Waals surface area (Å²) < 4.78 is 27.5. The monoisotopic (exact) mass is 311 g/mol. The Morgan fingerprint density at radius 2 is 2.14 bits per heavy atom. The molecule has 1 heterocycles. The molecule has 1 aliphatic heterocycles. The molecule has 21 heavy (non-hydrogen) atoms. The van der Waals surface area contributed by atoms with E-state index in [0.29, 0.717) is 23.9 Å². The van der Waals surface area contributed by atoms with Gasteiger partial charge in [0.1, 0.15) is 4.90 Å². The van der Waals surface area contributed by atoms with E-state index in [1.165, 1.54) is 0 Å². The third kappa shape index (κ3) is 3.96. The van der Waals surface area contributed by atoms with Crippen LogP contribution in [0.1, 0.15) is 26.2 Å². The van der Waals surface area contributed by atoms with Crippen molar-refractivity contribution in [1.29, 1.82) is 0 Å². The van der Waals surface area contributed by atoms with Crippen LogP contribution >= 0.6 is 0 Å². The first-order chi connectivity index (χ1) is 10.1. The summed E-state index contributed by atoms with van der Waals surface area (Å²) in [6, 6.07) is 7.25. The lowest BCUT2D eigenvalue weighted by molar-refractivity contribution is 0.546. The number of hydrogen-bond donors (Lipinski definition) is 2. The molecule has 1 unspecified atom stereocenters. The van der Waals surface area contributed by atoms with Gasteiger partial charge in [-0.3, -0.25) is 0 Å². The molecule has 0 bridgehead atoms. The van der Waals surface area contributed by atoms with Crippen LogP contribution in [-0.2, 0) is 10.0 Å². The van der Waals surface area contributed by atoms with Gasteiger partial charge in [0.05, 0.1) is 5.69 Å². The summed E-state index contributed by atoms with van der Waals surface area (Å²) in [6.07, 6.45) is 2.86. The lowest BCUT2D eigenvalue weighted by atomic mass is 10.1. The van der Waals surface area contributed by atoms with Crippen molar-refractivity contribution in [2.45, 2.75) is 31.1 Å². The molecular weight excluding hydrogens is 286 g/mol. The summed E-state index contributed by atoms with van der Waals surface area (Å²) in [5.74, 6) is 0.564. The Morgan fingerprint density at radius 3 is 2.86 bits per heavy atom. The van der Waals surface area contributed by atoms with Crippen LogP contribution in [0, 0.1) is 5.92 Å². The van der Waals surface area contributed by atoms with Gasteiger partial charge in [-0.15, -0.1) is 0 Å². The van der Waals surface area contributed by atoms with E-state index in [1.807, 2.05) is 19.1 Å². The van der Waals surface area contributed by atoms with E-state index in [9.17, 15) is 8.42 Å². The molecule has 0 aromatic heterocycles. The molecular formula is C15H25N3O2S. The second-order valence-corrected chi connectivity index (χ2v) is 7.28. The van der Waals surface area contributed by atoms with Crippen LogP contribution in [0.2, 0.25) is 0 Å². The zero-order chi connectivity index (χ0) is 15.3. The molecule has 1 aromatic carbocycles. The van der Waals surface area contributed by atoms with E-state index in [4.69, 9.17) is 5.73 Å². The largest absolute Gasteiger partial charge is 0.370 e. The number of sulfonamides is 1. The van der Waals surface area contributed by atoms with Crippen LogP contribution in [0.5, 0.6) is 0 Å². The molecule has 6 heteroatoms. The molecule has 5 nitrogen and oxygen atoms in total. The quantitative estimate of drug-likeness (QED) is 0.801. The second kappa shape index (κ2) is 7.24. The van der Waals surface area contributed by atoms with Gasteiger partial charge in [-0.25, -0.2) is 13.1 Å². The summed E-state index contributed by atoms with van der Waals surface area (Å²) in [5, 5.41) is 0. The topological polar surface area (TPSA) is 75.4 Å². The first kappa shape index (κ1) is 16.3. The minimum absolute atomic E-state index is 0.381. The standard InChI is InChI=1S/C15H25N3O2S/c1-2-10-17-21(19,20)15-6-4-3-5-14(15)18-11-8-13(12-18)7-9-16/h3-6,13,17H,2,7-12,16H2,1H3. The van der Waals surface area contributed by atoms with Crippen LogP contribution in [0.25, 0.3) is 0 Å². The maximum Gasteiger partial charge on any atom is 0.242 e. The molecule has 0 radical (unpaired) electrons. The Morgan fingerprint density at radius 1 is 1.38 bits per heavy atom. The molecule has 1 atom stereocenters. The Labute approximate surface area is 127 Å². The van der Waals surface area contributed by atoms with E-state index < -0.39 is 10.0 Å². The van der Waals surface area contributed by atoms with Gasteiger partial charge < -0.3 is 10.6 Å². The normalized spacial score (nSPS) is 19.1. The third-order valence-corrected chi connectivity index (χ3v) is 5.41. The van der Waals surface area contributed by atoms with Crippen LogP contribution in [0.4, 0.5) is 5.69 Å². The van der Waals surface area contributed by atoms with Gasteiger partial charge in [0.2, 0.25) is 10.0 Å². The summed E-state index contributed by atoms with van der Waals surface area (Å²) in [6.45, 7) is 4.89. The highest BCUT2D eigenvalue weighted by Crippen LogP contribution is 2.30. The van der Waals surface area contributed by atoms with Crippen molar-refractivity contribution in [3.8, 4) is 0 Å². The van der Waals surface area contributed by atoms with Gasteiger partial charge in [-0.1, -0.05) is 19.1 Å². The van der Waals surface area contributed by atoms with Crippen LogP contribution < -0.4 is 15.4 Å². The molecule has 3 N–H and O–H groups in total. The molecule has 1 fully saturated rings. The van der Waals surface area contributed by atoms with Crippen LogP contribution in [-0.4, -0.2) is 34.6 Å². The fourth-order valence-electron chi connectivity index (χ4n) is 2.78. The Balaban J connectivity index is 2.22. The van der Waals surface area contributed by atoms with Crippen LogP contribution in [0.3, 0.4) is 0 Å². The van der Waals surface area contributed by atoms with Crippen molar-refractivity contribution in [2.24, 2.45) is 11.7 Å². The molecule has 1 saturated heterocycles. The van der Waals surface area contributed by atoms with Gasteiger partial charge in [-0.05, 0) is 43.9 Å². The maximum atomic E-state index is 12.4. The lowest BCUT2D eigenvalue weighted by Gasteiger charge is -2.22. The van der Waals surface area contributed by atoms with E-state index in [-0.39, 0.29) is 0 Å². The van der Waals surface area contributed by atoms with Crippen molar-refractivity contribution >= 4 is 15.7 Å². The fraction of sp³-hybridized carbons (Fsp3) is 0.600. The number of para-hydroxylation sites is 1. The molecule has 1 aliphatic rings. The SMILES string of the molecule is CCCNS(=O)(=O)c1ccccc1N1CCC(CCN)C1. The number of nitrogens with one attached hydrogen (secondary N) is 1. The highest BCUT2D eigenvalue weighted by molar-refractivity contribution is 7.89. The third-order valence-electron chi connectivity index (χ3n) is 3.90. The number of nitrogens with zero attached hydrogens (tertiary/aromatic N) is 1. The molecule has 0 amide bonds. The Kier molecular flexibility index (Phi) is 5.61. The van der Waals surface area contributed by atoms with Crippen molar-refractivity contribution in [3.05, 3.63) is 24.3 Å². The minimum atomic E-state index is -3.44. The average Bonchev–Trinajstić information content (AvgIpc) is 2.94. The van der Waals surface area contributed by atoms with Gasteiger partial charge >= 0.3 is 0 Å². The van der Waals surface area contributed by atoms with Crippen molar-refractivity contribution in [2.75, 3.05) is 31.1 Å². The first-order valence-corrected chi connectivity index (χ1v) is 9.10. The average molecular weight is 311 g/mol. The molecule has 0 spiro atoms. The van der Waals surface area contributed by atoms with Crippen LogP contribution in [0.15, 0.2) is 29.2 Å². The zero-order valence-electron chi connectivity index (χ0n) is 12.6. The lowest BCUT2D eigenvalue weighted by Crippen LogP contribution is -2.28. The minimum Gasteiger partial charge on any atom is -0.370 e. The number of anilines is 1. The van der Waals surface area contributed by atoms with Crippen molar-refractivity contribution in [3.63, 3.8) is 0 Å². The molecule has 0 saturated carbocycles. The molecule has 118 valence electrons. The number of nitrogens with two attached hydrogens (primary N) is 1. The second-order valence-electron chi connectivity index (χ2n) is 5.54. The zero-order valence-corrected chi connectivity index (χ0v) is 13.4. The Hall–Kier alpha value is -1.11. The van der Waals surface area contributed by atoms with Gasteiger partial charge in [0.25, 0.3) is 0 Å². The summed E-state index contributed by atoms with van der Waals surface area (Å²) in [4.78, 5) is 2.55. The first-order valence-electron chi connectivity index (χ1n) is 7.62. The van der Waals surface area contributed by atoms with E-state index in [0.717, 1.165) is 38.0 Å². The summed E-state index contributed by atoms with van der Waals surface area (Å²) in [7, 11) is -3.44. The molecule has 0 aliphatic carbocycles. The molecule has 1 aromatic rings. The van der Waals surface area contributed by atoms with Gasteiger partial charge in [0.15, 0.2) is 0 Å². The highest BCUT2D eigenvalue weighted by Gasteiger charge is 2.27. The van der Waals surface area contributed by atoms with Crippen molar-refractivity contribution in [1.82, 2.24) is 4.72 Å².